The first-order valence-corrected chi connectivity index (χ1v) is 12.9. The number of aromatic nitrogens is 8. The summed E-state index contributed by atoms with van der Waals surface area (Å²) < 4.78 is 11.4. The highest BCUT2D eigenvalue weighted by Gasteiger charge is 2.28. The largest absolute Gasteiger partial charge is 0.419 e. The zero-order valence-corrected chi connectivity index (χ0v) is 22.9. The summed E-state index contributed by atoms with van der Waals surface area (Å²) >= 11 is 12.2. The van der Waals surface area contributed by atoms with Crippen molar-refractivity contribution in [3.8, 4) is 11.5 Å². The lowest BCUT2D eigenvalue weighted by atomic mass is 10.2. The van der Waals surface area contributed by atoms with E-state index in [0.717, 1.165) is 4.57 Å². The van der Waals surface area contributed by atoms with Gasteiger partial charge in [0, 0.05) is 58.2 Å². The SMILES string of the molecule is Cn1c(=O)c2c(nc(N3CCN(C(=O)n4ccnc4)CC3)n2Cc2nnc(-c3ccc(Cl)c(Cl)c3)o2)n(C)c1=O. The lowest BCUT2D eigenvalue weighted by molar-refractivity contribution is 0.195. The van der Waals surface area contributed by atoms with Crippen LogP contribution in [0.4, 0.5) is 10.7 Å². The van der Waals surface area contributed by atoms with Gasteiger partial charge in [0.2, 0.25) is 17.7 Å². The molecule has 1 aromatic carbocycles. The maximum Gasteiger partial charge on any atom is 0.332 e. The van der Waals surface area contributed by atoms with Gasteiger partial charge in [0.1, 0.15) is 12.9 Å². The average molecular weight is 585 g/mol. The first kappa shape index (κ1) is 25.8. The van der Waals surface area contributed by atoms with Gasteiger partial charge in [0.15, 0.2) is 11.2 Å². The first-order chi connectivity index (χ1) is 19.2. The highest BCUT2D eigenvalue weighted by molar-refractivity contribution is 6.42. The zero-order chi connectivity index (χ0) is 28.1. The van der Waals surface area contributed by atoms with Crippen molar-refractivity contribution in [1.82, 2.24) is 43.3 Å². The molecule has 1 aliphatic rings. The molecule has 0 N–H and O–H groups in total. The molecule has 16 heteroatoms. The van der Waals surface area contributed by atoms with E-state index < -0.39 is 11.2 Å². The molecule has 0 saturated carbocycles. The summed E-state index contributed by atoms with van der Waals surface area (Å²) in [6.07, 6.45) is 4.61. The maximum atomic E-state index is 13.3. The summed E-state index contributed by atoms with van der Waals surface area (Å²) in [5.41, 5.74) is 0.0232. The second kappa shape index (κ2) is 9.95. The summed E-state index contributed by atoms with van der Waals surface area (Å²) in [5.74, 6) is 0.884. The minimum Gasteiger partial charge on any atom is -0.419 e. The molecule has 5 heterocycles. The van der Waals surface area contributed by atoms with Crippen molar-refractivity contribution in [2.75, 3.05) is 31.1 Å². The van der Waals surface area contributed by atoms with E-state index in [2.05, 4.69) is 15.2 Å². The number of carbonyl (C=O) groups excluding carboxylic acids is 1. The highest BCUT2D eigenvalue weighted by Crippen LogP contribution is 2.29. The smallest absolute Gasteiger partial charge is 0.332 e. The number of halogens is 2. The van der Waals surface area contributed by atoms with Crippen LogP contribution >= 0.6 is 23.2 Å². The number of anilines is 1. The molecule has 1 fully saturated rings. The van der Waals surface area contributed by atoms with Crippen molar-refractivity contribution in [3.05, 3.63) is 73.7 Å². The molecule has 0 aliphatic carbocycles. The van der Waals surface area contributed by atoms with Gasteiger partial charge in [-0.25, -0.2) is 14.6 Å². The van der Waals surface area contributed by atoms with E-state index in [4.69, 9.17) is 32.6 Å². The van der Waals surface area contributed by atoms with E-state index in [9.17, 15) is 14.4 Å². The molecular formula is C24H22Cl2N10O4. The van der Waals surface area contributed by atoms with Gasteiger partial charge in [-0.3, -0.25) is 23.1 Å². The molecule has 1 saturated heterocycles. The molecule has 0 atom stereocenters. The van der Waals surface area contributed by atoms with Crippen LogP contribution in [-0.2, 0) is 20.6 Å². The lowest BCUT2D eigenvalue weighted by Crippen LogP contribution is -2.50. The zero-order valence-electron chi connectivity index (χ0n) is 21.4. The van der Waals surface area contributed by atoms with Crippen molar-refractivity contribution in [2.24, 2.45) is 14.1 Å². The standard InChI is InChI=1S/C24H22Cl2N10O4/c1-31-19-18(21(37)32(2)23(31)38)36(12-17-29-30-20(40-17)14-3-4-15(25)16(26)11-14)22(28-19)33-7-9-34(10-8-33)24(39)35-6-5-27-13-35/h3-6,11,13H,7-10,12H2,1-2H3. The van der Waals surface area contributed by atoms with E-state index in [-0.39, 0.29) is 35.5 Å². The van der Waals surface area contributed by atoms with Crippen LogP contribution in [0.2, 0.25) is 10.0 Å². The van der Waals surface area contributed by atoms with Gasteiger partial charge in [-0.2, -0.15) is 4.98 Å². The number of piperazine rings is 1. The van der Waals surface area contributed by atoms with E-state index in [1.165, 1.54) is 22.5 Å². The number of fused-ring (bicyclic) bond motifs is 1. The number of hydrogen-bond donors (Lipinski definition) is 0. The second-order valence-electron chi connectivity index (χ2n) is 9.23. The minimum atomic E-state index is -0.505. The van der Waals surface area contributed by atoms with Gasteiger partial charge in [-0.1, -0.05) is 23.2 Å². The molecule has 0 spiro atoms. The lowest BCUT2D eigenvalue weighted by Gasteiger charge is -2.35. The third-order valence-corrected chi connectivity index (χ3v) is 7.55. The van der Waals surface area contributed by atoms with Crippen LogP contribution in [0, 0.1) is 0 Å². The minimum absolute atomic E-state index is 0.0157. The van der Waals surface area contributed by atoms with Crippen LogP contribution in [0.1, 0.15) is 5.89 Å². The van der Waals surface area contributed by atoms with E-state index >= 15 is 0 Å². The maximum absolute atomic E-state index is 13.3. The van der Waals surface area contributed by atoms with Gasteiger partial charge in [-0.05, 0) is 18.2 Å². The molecule has 4 aromatic heterocycles. The van der Waals surface area contributed by atoms with Crippen molar-refractivity contribution in [3.63, 3.8) is 0 Å². The van der Waals surface area contributed by atoms with E-state index in [0.29, 0.717) is 47.7 Å². The van der Waals surface area contributed by atoms with Crippen molar-refractivity contribution < 1.29 is 9.21 Å². The highest BCUT2D eigenvalue weighted by atomic mass is 35.5. The van der Waals surface area contributed by atoms with Crippen molar-refractivity contribution in [2.45, 2.75) is 6.54 Å². The van der Waals surface area contributed by atoms with Crippen molar-refractivity contribution >= 4 is 46.3 Å². The van der Waals surface area contributed by atoms with E-state index in [1.807, 2.05) is 4.90 Å². The molecule has 6 rings (SSSR count). The number of benzene rings is 1. The molecule has 0 unspecified atom stereocenters. The summed E-state index contributed by atoms with van der Waals surface area (Å²) in [6, 6.07) is 4.78. The summed E-state index contributed by atoms with van der Waals surface area (Å²) in [7, 11) is 2.97. The molecule has 0 bridgehead atoms. The van der Waals surface area contributed by atoms with E-state index in [1.54, 1.807) is 47.1 Å². The topological polar surface area (TPSA) is 142 Å². The van der Waals surface area contributed by atoms with Crippen LogP contribution < -0.4 is 16.1 Å². The second-order valence-corrected chi connectivity index (χ2v) is 10.0. The molecule has 40 heavy (non-hydrogen) atoms. The Kier molecular flexibility index (Phi) is 6.43. The van der Waals surface area contributed by atoms with Gasteiger partial charge in [0.25, 0.3) is 5.56 Å². The Bertz CT molecular complexity index is 1860. The number of rotatable bonds is 4. The number of carbonyl (C=O) groups is 1. The Morgan fingerprint density at radius 1 is 1.02 bits per heavy atom. The molecule has 14 nitrogen and oxygen atoms in total. The van der Waals surface area contributed by atoms with Crippen LogP contribution in [0.25, 0.3) is 22.6 Å². The Morgan fingerprint density at radius 3 is 2.50 bits per heavy atom. The fraction of sp³-hybridized carbons (Fsp3) is 0.292. The number of amides is 1. The van der Waals surface area contributed by atoms with Crippen molar-refractivity contribution in [1.29, 1.82) is 0 Å². The fourth-order valence-corrected chi connectivity index (χ4v) is 4.96. The Balaban J connectivity index is 1.37. The quantitative estimate of drug-likeness (QED) is 0.309. The normalized spacial score (nSPS) is 13.9. The van der Waals surface area contributed by atoms with Crippen LogP contribution in [0.3, 0.4) is 0 Å². The van der Waals surface area contributed by atoms with Gasteiger partial charge >= 0.3 is 11.7 Å². The number of aryl methyl sites for hydroxylation is 1. The molecule has 5 aromatic rings. The first-order valence-electron chi connectivity index (χ1n) is 12.2. The monoisotopic (exact) mass is 584 g/mol. The van der Waals surface area contributed by atoms with Gasteiger partial charge in [0.05, 0.1) is 10.0 Å². The Labute approximate surface area is 235 Å². The number of nitrogens with zero attached hydrogens (tertiary/aromatic N) is 10. The van der Waals surface area contributed by atoms with Crippen LogP contribution in [-0.4, -0.2) is 75.5 Å². The number of imidazole rings is 2. The van der Waals surface area contributed by atoms with Gasteiger partial charge in [-0.15, -0.1) is 10.2 Å². The molecule has 1 aliphatic heterocycles. The Morgan fingerprint density at radius 2 is 1.80 bits per heavy atom. The Hall–Kier alpha value is -4.43. The summed E-state index contributed by atoms with van der Waals surface area (Å²) in [6.45, 7) is 1.73. The third kappa shape index (κ3) is 4.34. The predicted octanol–water partition coefficient (Wildman–Crippen LogP) is 1.83. The van der Waals surface area contributed by atoms with Crippen LogP contribution in [0.15, 0.2) is 50.9 Å². The van der Waals surface area contributed by atoms with Gasteiger partial charge < -0.3 is 14.2 Å². The predicted molar refractivity (Wildman–Crippen MR) is 146 cm³/mol. The average Bonchev–Trinajstić information content (AvgIpc) is 3.73. The fourth-order valence-electron chi connectivity index (χ4n) is 4.66. The molecular weight excluding hydrogens is 563 g/mol. The summed E-state index contributed by atoms with van der Waals surface area (Å²) in [5, 5.41) is 9.04. The molecule has 206 valence electrons. The number of hydrogen-bond acceptors (Lipinski definition) is 9. The molecule has 1 amide bonds. The third-order valence-electron chi connectivity index (χ3n) is 6.81. The van der Waals surface area contributed by atoms with Crippen LogP contribution in [0.5, 0.6) is 0 Å². The summed E-state index contributed by atoms with van der Waals surface area (Å²) in [4.78, 5) is 51.0. The molecule has 0 radical (unpaired) electrons.